The summed E-state index contributed by atoms with van der Waals surface area (Å²) in [7, 11) is 0. The van der Waals surface area contributed by atoms with E-state index in [1.165, 1.54) is 5.39 Å². The number of fused-ring (bicyclic) bond motifs is 1. The van der Waals surface area contributed by atoms with Crippen LogP contribution in [0.1, 0.15) is 25.3 Å². The Labute approximate surface area is 154 Å². The molecule has 0 fully saturated rings. The number of nitrogens with two attached hydrogens (primary N) is 1. The summed E-state index contributed by atoms with van der Waals surface area (Å²) < 4.78 is 2.22. The Morgan fingerprint density at radius 1 is 1.16 bits per heavy atom. The number of hydrogen-bond acceptors (Lipinski definition) is 2. The molecule has 132 valence electrons. The lowest BCUT2D eigenvalue weighted by Crippen LogP contribution is -2.12. The van der Waals surface area contributed by atoms with Crippen molar-refractivity contribution in [2.24, 2.45) is 0 Å². The van der Waals surface area contributed by atoms with E-state index in [0.717, 1.165) is 35.4 Å². The van der Waals surface area contributed by atoms with Crippen molar-refractivity contribution in [3.63, 3.8) is 0 Å². The van der Waals surface area contributed by atoms with Crippen LogP contribution >= 0.6 is 12.4 Å². The first kappa shape index (κ1) is 18.9. The summed E-state index contributed by atoms with van der Waals surface area (Å²) in [6.45, 7) is 3.14. The summed E-state index contributed by atoms with van der Waals surface area (Å²) in [6, 6.07) is 15.8. The Balaban J connectivity index is 0.00000225. The Bertz CT molecular complexity index is 857. The van der Waals surface area contributed by atoms with Gasteiger partial charge in [-0.2, -0.15) is 0 Å². The predicted molar refractivity (Wildman–Crippen MR) is 107 cm³/mol. The predicted octanol–water partition coefficient (Wildman–Crippen LogP) is 4.63. The molecule has 25 heavy (non-hydrogen) atoms. The van der Waals surface area contributed by atoms with Crippen molar-refractivity contribution >= 4 is 40.6 Å². The fraction of sp³-hybridized carbons (Fsp3) is 0.250. The van der Waals surface area contributed by atoms with Crippen LogP contribution in [0.3, 0.4) is 0 Å². The van der Waals surface area contributed by atoms with Crippen molar-refractivity contribution in [1.29, 1.82) is 0 Å². The second-order valence-electron chi connectivity index (χ2n) is 6.03. The molecule has 0 aliphatic carbocycles. The van der Waals surface area contributed by atoms with E-state index in [1.807, 2.05) is 42.5 Å². The van der Waals surface area contributed by atoms with Crippen molar-refractivity contribution in [3.05, 3.63) is 60.3 Å². The van der Waals surface area contributed by atoms with E-state index in [9.17, 15) is 4.79 Å². The number of nitrogens with zero attached hydrogens (tertiary/aromatic N) is 1. The number of nitrogens with one attached hydrogen (secondary N) is 1. The van der Waals surface area contributed by atoms with Gasteiger partial charge in [0.2, 0.25) is 5.91 Å². The fourth-order valence-electron chi connectivity index (χ4n) is 2.93. The van der Waals surface area contributed by atoms with Crippen LogP contribution in [-0.2, 0) is 17.8 Å². The van der Waals surface area contributed by atoms with Crippen LogP contribution in [0, 0.1) is 0 Å². The number of amides is 1. The maximum atomic E-state index is 12.2. The monoisotopic (exact) mass is 357 g/mol. The van der Waals surface area contributed by atoms with Crippen molar-refractivity contribution in [2.75, 3.05) is 11.1 Å². The molecule has 0 saturated heterocycles. The summed E-state index contributed by atoms with van der Waals surface area (Å²) in [5.41, 5.74) is 9.67. The molecule has 0 spiro atoms. The normalized spacial score (nSPS) is 10.4. The van der Waals surface area contributed by atoms with Crippen LogP contribution in [0.5, 0.6) is 0 Å². The molecule has 2 aromatic carbocycles. The van der Waals surface area contributed by atoms with Crippen LogP contribution in [0.15, 0.2) is 54.7 Å². The van der Waals surface area contributed by atoms with Crippen LogP contribution in [0.2, 0.25) is 0 Å². The number of nitrogen functional groups attached to an aromatic ring is 1. The number of para-hydroxylation sites is 1. The molecule has 0 unspecified atom stereocenters. The molecular formula is C20H24ClN3O. The summed E-state index contributed by atoms with van der Waals surface area (Å²) in [5, 5.41) is 4.18. The van der Waals surface area contributed by atoms with Gasteiger partial charge in [0.1, 0.15) is 0 Å². The molecular weight excluding hydrogens is 334 g/mol. The van der Waals surface area contributed by atoms with Gasteiger partial charge in [-0.05, 0) is 48.1 Å². The van der Waals surface area contributed by atoms with Gasteiger partial charge in [-0.1, -0.05) is 31.2 Å². The van der Waals surface area contributed by atoms with Gasteiger partial charge in [-0.25, -0.2) is 0 Å². The second-order valence-corrected chi connectivity index (χ2v) is 6.03. The summed E-state index contributed by atoms with van der Waals surface area (Å²) in [6.07, 6.45) is 4.24. The molecule has 3 aromatic rings. The summed E-state index contributed by atoms with van der Waals surface area (Å²) in [5.74, 6) is 0.00574. The summed E-state index contributed by atoms with van der Waals surface area (Å²) in [4.78, 5) is 12.2. The van der Waals surface area contributed by atoms with Gasteiger partial charge in [-0.15, -0.1) is 12.4 Å². The van der Waals surface area contributed by atoms with Gasteiger partial charge in [0, 0.05) is 30.5 Å². The molecule has 0 aliphatic rings. The van der Waals surface area contributed by atoms with E-state index in [4.69, 9.17) is 5.73 Å². The van der Waals surface area contributed by atoms with Crippen LogP contribution in [0.4, 0.5) is 11.4 Å². The maximum absolute atomic E-state index is 12.2. The minimum atomic E-state index is 0. The molecule has 4 nitrogen and oxygen atoms in total. The van der Waals surface area contributed by atoms with E-state index in [0.29, 0.717) is 12.8 Å². The summed E-state index contributed by atoms with van der Waals surface area (Å²) >= 11 is 0. The molecule has 0 radical (unpaired) electrons. The molecule has 0 saturated carbocycles. The highest BCUT2D eigenvalue weighted by atomic mass is 35.5. The number of halogens is 1. The number of benzene rings is 2. The Hall–Kier alpha value is -2.46. The molecule has 1 amide bonds. The van der Waals surface area contributed by atoms with Crippen molar-refractivity contribution < 1.29 is 4.79 Å². The third-order valence-corrected chi connectivity index (χ3v) is 4.20. The van der Waals surface area contributed by atoms with E-state index in [2.05, 4.69) is 29.1 Å². The minimum Gasteiger partial charge on any atom is -0.399 e. The number of carbonyl (C=O) groups is 1. The molecule has 1 heterocycles. The minimum absolute atomic E-state index is 0. The zero-order chi connectivity index (χ0) is 16.9. The zero-order valence-electron chi connectivity index (χ0n) is 14.4. The highest BCUT2D eigenvalue weighted by Gasteiger charge is 2.07. The Morgan fingerprint density at radius 3 is 2.72 bits per heavy atom. The topological polar surface area (TPSA) is 60.0 Å². The number of carbonyl (C=O) groups excluding carboxylic acids is 1. The van der Waals surface area contributed by atoms with Crippen molar-refractivity contribution in [2.45, 2.75) is 32.7 Å². The van der Waals surface area contributed by atoms with Crippen LogP contribution < -0.4 is 11.1 Å². The van der Waals surface area contributed by atoms with E-state index < -0.39 is 0 Å². The first-order valence-electron chi connectivity index (χ1n) is 8.39. The second kappa shape index (κ2) is 8.58. The third-order valence-electron chi connectivity index (χ3n) is 4.20. The number of anilines is 2. The van der Waals surface area contributed by atoms with Crippen LogP contribution in [-0.4, -0.2) is 10.5 Å². The highest BCUT2D eigenvalue weighted by Crippen LogP contribution is 2.21. The standard InChI is InChI=1S/C20H23N3O.ClH/c1-2-12-23-13-11-16-7-9-17(14-19(16)23)22-20(24)10-8-15-5-3-4-6-18(15)21;/h3-7,9,11,13-14H,2,8,10,12,21H2,1H3,(H,22,24);1H. The lowest BCUT2D eigenvalue weighted by molar-refractivity contribution is -0.116. The molecule has 3 N–H and O–H groups in total. The lowest BCUT2D eigenvalue weighted by atomic mass is 10.1. The molecule has 1 aromatic heterocycles. The Morgan fingerprint density at radius 2 is 1.96 bits per heavy atom. The molecule has 0 bridgehead atoms. The van der Waals surface area contributed by atoms with E-state index in [-0.39, 0.29) is 18.3 Å². The highest BCUT2D eigenvalue weighted by molar-refractivity contribution is 5.94. The van der Waals surface area contributed by atoms with Gasteiger partial charge in [0.15, 0.2) is 0 Å². The first-order chi connectivity index (χ1) is 11.7. The smallest absolute Gasteiger partial charge is 0.224 e. The van der Waals surface area contributed by atoms with Gasteiger partial charge in [0.05, 0.1) is 5.52 Å². The average Bonchev–Trinajstić information content (AvgIpc) is 2.97. The van der Waals surface area contributed by atoms with Gasteiger partial charge in [0.25, 0.3) is 0 Å². The number of hydrogen-bond donors (Lipinski definition) is 2. The van der Waals surface area contributed by atoms with E-state index in [1.54, 1.807) is 0 Å². The van der Waals surface area contributed by atoms with Crippen LogP contribution in [0.25, 0.3) is 10.9 Å². The van der Waals surface area contributed by atoms with Gasteiger partial charge < -0.3 is 15.6 Å². The molecule has 5 heteroatoms. The SMILES string of the molecule is CCCn1ccc2ccc(NC(=O)CCc3ccccc3N)cc21.Cl. The van der Waals surface area contributed by atoms with E-state index >= 15 is 0 Å². The number of aryl methyl sites for hydroxylation is 2. The number of aromatic nitrogens is 1. The largest absolute Gasteiger partial charge is 0.399 e. The Kier molecular flexibility index (Phi) is 6.48. The van der Waals surface area contributed by atoms with Gasteiger partial charge in [-0.3, -0.25) is 4.79 Å². The third kappa shape index (κ3) is 4.54. The molecule has 0 atom stereocenters. The molecule has 0 aliphatic heterocycles. The maximum Gasteiger partial charge on any atom is 0.224 e. The van der Waals surface area contributed by atoms with Crippen molar-refractivity contribution in [1.82, 2.24) is 4.57 Å². The zero-order valence-corrected chi connectivity index (χ0v) is 15.2. The number of rotatable bonds is 6. The van der Waals surface area contributed by atoms with Crippen molar-refractivity contribution in [3.8, 4) is 0 Å². The average molecular weight is 358 g/mol. The van der Waals surface area contributed by atoms with Gasteiger partial charge >= 0.3 is 0 Å². The fourth-order valence-corrected chi connectivity index (χ4v) is 2.93. The lowest BCUT2D eigenvalue weighted by Gasteiger charge is -2.08. The quantitative estimate of drug-likeness (QED) is 0.632. The first-order valence-corrected chi connectivity index (χ1v) is 8.39. The molecule has 3 rings (SSSR count).